The highest BCUT2D eigenvalue weighted by atomic mass is 35.7. The van der Waals surface area contributed by atoms with Crippen LogP contribution in [0.5, 0.6) is 0 Å². The average molecular weight is 249 g/mol. The highest BCUT2D eigenvalue weighted by molar-refractivity contribution is 8.15. The van der Waals surface area contributed by atoms with Gasteiger partial charge in [-0.1, -0.05) is 24.1 Å². The molecule has 0 bridgehead atoms. The van der Waals surface area contributed by atoms with Crippen molar-refractivity contribution in [2.24, 2.45) is 5.92 Å². The van der Waals surface area contributed by atoms with Crippen molar-refractivity contribution in [1.82, 2.24) is 0 Å². The van der Waals surface area contributed by atoms with Gasteiger partial charge in [-0.05, 0) is 33.3 Å². The summed E-state index contributed by atoms with van der Waals surface area (Å²) in [6, 6.07) is 0. The van der Waals surface area contributed by atoms with Crippen LogP contribution in [0.25, 0.3) is 0 Å². The minimum absolute atomic E-state index is 0.0799. The topological polar surface area (TPSA) is 34.1 Å². The van der Waals surface area contributed by atoms with Crippen LogP contribution in [-0.4, -0.2) is 13.2 Å². The molecular weight excluding hydrogens is 232 g/mol. The molecule has 0 fully saturated rings. The van der Waals surface area contributed by atoms with Crippen LogP contribution in [0.3, 0.4) is 0 Å². The average Bonchev–Trinajstić information content (AvgIpc) is 2.10. The van der Waals surface area contributed by atoms with Crippen molar-refractivity contribution in [2.45, 2.75) is 39.4 Å². The van der Waals surface area contributed by atoms with Crippen LogP contribution < -0.4 is 0 Å². The Balaban J connectivity index is 3.43. The normalized spacial score (nSPS) is 32.9. The van der Waals surface area contributed by atoms with E-state index in [-0.39, 0.29) is 5.92 Å². The van der Waals surface area contributed by atoms with Gasteiger partial charge in [-0.2, -0.15) is 0 Å². The fourth-order valence-electron chi connectivity index (χ4n) is 2.01. The van der Waals surface area contributed by atoms with Gasteiger partial charge < -0.3 is 0 Å². The molecule has 1 rings (SSSR count). The first-order valence-corrected chi connectivity index (χ1v) is 7.23. The van der Waals surface area contributed by atoms with Gasteiger partial charge in [-0.25, -0.2) is 8.42 Å². The Morgan fingerprint density at radius 2 is 1.80 bits per heavy atom. The van der Waals surface area contributed by atoms with E-state index in [1.807, 2.05) is 27.7 Å². The zero-order valence-corrected chi connectivity index (χ0v) is 11.3. The maximum Gasteiger partial charge on any atom is 0.242 e. The maximum absolute atomic E-state index is 11.6. The fraction of sp³-hybridized carbons (Fsp3) is 0.636. The molecule has 1 aliphatic carbocycles. The van der Waals surface area contributed by atoms with Gasteiger partial charge in [0.1, 0.15) is 4.75 Å². The maximum atomic E-state index is 11.6. The van der Waals surface area contributed by atoms with Crippen molar-refractivity contribution in [3.8, 4) is 0 Å². The third kappa shape index (κ3) is 1.87. The van der Waals surface area contributed by atoms with E-state index < -0.39 is 13.8 Å². The molecule has 0 spiro atoms. The summed E-state index contributed by atoms with van der Waals surface area (Å²) >= 11 is 0. The molecular formula is C11H17ClO2S. The van der Waals surface area contributed by atoms with Gasteiger partial charge in [0.15, 0.2) is 0 Å². The monoisotopic (exact) mass is 248 g/mol. The zero-order valence-electron chi connectivity index (χ0n) is 9.76. The van der Waals surface area contributed by atoms with Crippen molar-refractivity contribution in [2.75, 3.05) is 0 Å². The van der Waals surface area contributed by atoms with Crippen molar-refractivity contribution < 1.29 is 8.42 Å². The van der Waals surface area contributed by atoms with Crippen LogP contribution in [0.2, 0.25) is 0 Å². The number of hydrogen-bond acceptors (Lipinski definition) is 2. The number of allylic oxidation sites excluding steroid dienone is 3. The summed E-state index contributed by atoms with van der Waals surface area (Å²) in [5.74, 6) is -0.0799. The summed E-state index contributed by atoms with van der Waals surface area (Å²) in [6.07, 6.45) is 1.77. The molecule has 0 aromatic heterocycles. The molecule has 0 N–H and O–H groups in total. The van der Waals surface area contributed by atoms with Gasteiger partial charge in [0.25, 0.3) is 0 Å². The Morgan fingerprint density at radius 3 is 2.20 bits per heavy atom. The molecule has 0 saturated heterocycles. The SMILES string of the molecule is CC1=C[C@@](C)(S(=O)(=O)Cl)[C@@H](C)C(C)=C1C. The van der Waals surface area contributed by atoms with Crippen molar-refractivity contribution in [3.63, 3.8) is 0 Å². The van der Waals surface area contributed by atoms with Crippen LogP contribution in [0.4, 0.5) is 0 Å². The lowest BCUT2D eigenvalue weighted by Crippen LogP contribution is -2.40. The van der Waals surface area contributed by atoms with Crippen LogP contribution in [0.1, 0.15) is 34.6 Å². The van der Waals surface area contributed by atoms with Crippen molar-refractivity contribution in [3.05, 3.63) is 22.8 Å². The summed E-state index contributed by atoms with van der Waals surface area (Å²) in [4.78, 5) is 0. The van der Waals surface area contributed by atoms with Crippen LogP contribution in [0.15, 0.2) is 22.8 Å². The molecule has 0 heterocycles. The number of halogens is 1. The summed E-state index contributed by atoms with van der Waals surface area (Å²) in [7, 11) is 1.93. The third-order valence-corrected chi connectivity index (χ3v) is 6.24. The van der Waals surface area contributed by atoms with E-state index in [1.165, 1.54) is 5.57 Å². The van der Waals surface area contributed by atoms with Gasteiger partial charge in [0.05, 0.1) is 0 Å². The summed E-state index contributed by atoms with van der Waals surface area (Å²) < 4.78 is 22.2. The zero-order chi connectivity index (χ0) is 12.0. The molecule has 0 unspecified atom stereocenters. The quantitative estimate of drug-likeness (QED) is 0.668. The molecule has 0 amide bonds. The Hall–Kier alpha value is -0.280. The second-order valence-corrected chi connectivity index (χ2v) is 7.45. The molecule has 0 saturated carbocycles. The lowest BCUT2D eigenvalue weighted by Gasteiger charge is -2.36. The lowest BCUT2D eigenvalue weighted by molar-refractivity contribution is 0.503. The highest BCUT2D eigenvalue weighted by Crippen LogP contribution is 2.42. The van der Waals surface area contributed by atoms with E-state index in [0.29, 0.717) is 0 Å². The predicted molar refractivity (Wildman–Crippen MR) is 64.5 cm³/mol. The first kappa shape index (κ1) is 12.8. The molecule has 0 radical (unpaired) electrons. The largest absolute Gasteiger partial charge is 0.242 e. The molecule has 4 heteroatoms. The third-order valence-electron chi connectivity index (χ3n) is 3.72. The Bertz CT molecular complexity index is 445. The van der Waals surface area contributed by atoms with Crippen molar-refractivity contribution >= 4 is 19.7 Å². The van der Waals surface area contributed by atoms with Gasteiger partial charge in [0.2, 0.25) is 9.05 Å². The molecule has 86 valence electrons. The smallest absolute Gasteiger partial charge is 0.211 e. The van der Waals surface area contributed by atoms with Gasteiger partial charge in [0, 0.05) is 16.6 Å². The minimum Gasteiger partial charge on any atom is -0.211 e. The van der Waals surface area contributed by atoms with E-state index >= 15 is 0 Å². The number of rotatable bonds is 1. The van der Waals surface area contributed by atoms with Crippen LogP contribution in [0, 0.1) is 5.92 Å². The van der Waals surface area contributed by atoms with Crippen LogP contribution >= 0.6 is 10.7 Å². The summed E-state index contributed by atoms with van der Waals surface area (Å²) in [5, 5.41) is 0. The molecule has 2 nitrogen and oxygen atoms in total. The predicted octanol–water partition coefficient (Wildman–Crippen LogP) is 3.25. The molecule has 0 aliphatic heterocycles. The van der Waals surface area contributed by atoms with Gasteiger partial charge >= 0.3 is 0 Å². The molecule has 0 aromatic rings. The first-order valence-electron chi connectivity index (χ1n) is 4.92. The second-order valence-electron chi connectivity index (χ2n) is 4.48. The highest BCUT2D eigenvalue weighted by Gasteiger charge is 2.44. The molecule has 0 aromatic carbocycles. The van der Waals surface area contributed by atoms with Crippen LogP contribution in [-0.2, 0) is 9.05 Å². The van der Waals surface area contributed by atoms with E-state index in [2.05, 4.69) is 0 Å². The Labute approximate surface area is 96.4 Å². The Kier molecular flexibility index (Phi) is 3.10. The van der Waals surface area contributed by atoms with E-state index in [9.17, 15) is 8.42 Å². The van der Waals surface area contributed by atoms with E-state index in [4.69, 9.17) is 10.7 Å². The summed E-state index contributed by atoms with van der Waals surface area (Å²) in [6.45, 7) is 9.49. The van der Waals surface area contributed by atoms with Crippen molar-refractivity contribution in [1.29, 1.82) is 0 Å². The fourth-order valence-corrected chi connectivity index (χ4v) is 3.46. The minimum atomic E-state index is -3.60. The molecule has 1 aliphatic rings. The summed E-state index contributed by atoms with van der Waals surface area (Å²) in [5.41, 5.74) is 3.26. The van der Waals surface area contributed by atoms with E-state index in [0.717, 1.165) is 11.1 Å². The van der Waals surface area contributed by atoms with E-state index in [1.54, 1.807) is 13.0 Å². The first-order chi connectivity index (χ1) is 6.61. The number of hydrogen-bond donors (Lipinski definition) is 0. The molecule has 2 atom stereocenters. The Morgan fingerprint density at radius 1 is 1.33 bits per heavy atom. The second kappa shape index (κ2) is 3.63. The van der Waals surface area contributed by atoms with Gasteiger partial charge in [-0.15, -0.1) is 0 Å². The standard InChI is InChI=1S/C11H17ClO2S/c1-7-6-11(5,15(12,13)14)10(4)9(3)8(7)2/h6,10H,1-5H3/t10-,11+/m0/s1. The lowest BCUT2D eigenvalue weighted by atomic mass is 9.79. The van der Waals surface area contributed by atoms with Gasteiger partial charge in [-0.3, -0.25) is 0 Å². The molecule has 15 heavy (non-hydrogen) atoms.